The summed E-state index contributed by atoms with van der Waals surface area (Å²) in [4.78, 5) is 36.2. The Kier molecular flexibility index (Phi) is 6.91. The lowest BCUT2D eigenvalue weighted by Crippen LogP contribution is -2.54. The summed E-state index contributed by atoms with van der Waals surface area (Å²) in [6.45, 7) is 3.70. The zero-order valence-corrected chi connectivity index (χ0v) is 19.7. The van der Waals surface area contributed by atoms with Crippen LogP contribution in [0.4, 0.5) is 4.79 Å². The summed E-state index contributed by atoms with van der Waals surface area (Å²) in [5.74, 6) is -1.26. The summed E-state index contributed by atoms with van der Waals surface area (Å²) in [6, 6.07) is 16.2. The van der Waals surface area contributed by atoms with Crippen molar-refractivity contribution in [2.24, 2.45) is 5.92 Å². The molecule has 2 aromatic rings. The van der Waals surface area contributed by atoms with Gasteiger partial charge in [0.15, 0.2) is 0 Å². The van der Waals surface area contributed by atoms with Crippen molar-refractivity contribution in [3.05, 3.63) is 59.7 Å². The Labute approximate surface area is 199 Å². The number of carboxylic acid groups (broad SMARTS) is 1. The van der Waals surface area contributed by atoms with Gasteiger partial charge < -0.3 is 20.5 Å². The number of hydrogen-bond donors (Lipinski definition) is 3. The minimum Gasteiger partial charge on any atom is -0.480 e. The van der Waals surface area contributed by atoms with Gasteiger partial charge in [-0.25, -0.2) is 9.59 Å². The Bertz CT molecular complexity index is 1030. The van der Waals surface area contributed by atoms with Gasteiger partial charge in [-0.1, -0.05) is 48.5 Å². The van der Waals surface area contributed by atoms with E-state index >= 15 is 0 Å². The molecule has 2 atom stereocenters. The molecular weight excluding hydrogens is 432 g/mol. The fourth-order valence-corrected chi connectivity index (χ4v) is 4.83. The van der Waals surface area contributed by atoms with Crippen molar-refractivity contribution in [2.45, 2.75) is 63.5 Å². The highest BCUT2D eigenvalue weighted by Crippen LogP contribution is 2.44. The monoisotopic (exact) mass is 464 g/mol. The smallest absolute Gasteiger partial charge is 0.407 e. The van der Waals surface area contributed by atoms with E-state index < -0.39 is 17.6 Å². The van der Waals surface area contributed by atoms with Crippen LogP contribution in [0.3, 0.4) is 0 Å². The summed E-state index contributed by atoms with van der Waals surface area (Å²) >= 11 is 0. The fourth-order valence-electron chi connectivity index (χ4n) is 4.83. The summed E-state index contributed by atoms with van der Waals surface area (Å²) in [5.41, 5.74) is 3.49. The number of carboxylic acids is 1. The van der Waals surface area contributed by atoms with E-state index in [1.54, 1.807) is 6.92 Å². The first-order valence-electron chi connectivity index (χ1n) is 12.0. The van der Waals surface area contributed by atoms with Crippen LogP contribution in [0.15, 0.2) is 48.5 Å². The minimum atomic E-state index is -1.19. The van der Waals surface area contributed by atoms with Gasteiger partial charge in [0.05, 0.1) is 0 Å². The largest absolute Gasteiger partial charge is 0.480 e. The third-order valence-electron chi connectivity index (χ3n) is 6.99. The number of amides is 2. The molecule has 0 aromatic heterocycles. The lowest BCUT2D eigenvalue weighted by molar-refractivity contribution is -0.147. The van der Waals surface area contributed by atoms with E-state index in [-0.39, 0.29) is 36.8 Å². The molecule has 2 unspecified atom stereocenters. The number of fused-ring (bicyclic) bond motifs is 3. The van der Waals surface area contributed by atoms with Crippen LogP contribution in [0.2, 0.25) is 0 Å². The van der Waals surface area contributed by atoms with Crippen molar-refractivity contribution in [3.63, 3.8) is 0 Å². The normalized spacial score (nSPS) is 17.1. The summed E-state index contributed by atoms with van der Waals surface area (Å²) in [5, 5.41) is 15.0. The maximum Gasteiger partial charge on any atom is 0.407 e. The first-order chi connectivity index (χ1) is 16.3. The van der Waals surface area contributed by atoms with Crippen molar-refractivity contribution < 1.29 is 24.2 Å². The lowest BCUT2D eigenvalue weighted by Gasteiger charge is -2.26. The van der Waals surface area contributed by atoms with Gasteiger partial charge in [-0.2, -0.15) is 0 Å². The molecule has 3 N–H and O–H groups in total. The molecule has 7 nitrogen and oxygen atoms in total. The molecule has 4 rings (SSSR count). The minimum absolute atomic E-state index is 0.00288. The molecule has 2 aliphatic carbocycles. The number of rotatable bonds is 10. The average Bonchev–Trinajstić information content (AvgIpc) is 3.61. The van der Waals surface area contributed by atoms with Gasteiger partial charge in [0.2, 0.25) is 5.91 Å². The zero-order valence-electron chi connectivity index (χ0n) is 19.7. The van der Waals surface area contributed by atoms with Crippen LogP contribution in [-0.2, 0) is 14.3 Å². The highest BCUT2D eigenvalue weighted by molar-refractivity contribution is 5.87. The summed E-state index contributed by atoms with van der Waals surface area (Å²) in [7, 11) is 0. The molecule has 7 heteroatoms. The summed E-state index contributed by atoms with van der Waals surface area (Å²) < 4.78 is 5.57. The topological polar surface area (TPSA) is 105 Å². The van der Waals surface area contributed by atoms with Gasteiger partial charge in [-0.05, 0) is 67.7 Å². The molecule has 0 spiro atoms. The van der Waals surface area contributed by atoms with Crippen LogP contribution in [0.1, 0.15) is 63.0 Å². The second-order valence-corrected chi connectivity index (χ2v) is 9.59. The van der Waals surface area contributed by atoms with Crippen molar-refractivity contribution in [1.82, 2.24) is 10.6 Å². The second kappa shape index (κ2) is 9.87. The Morgan fingerprint density at radius 1 is 1.06 bits per heavy atom. The number of hydrogen-bond acceptors (Lipinski definition) is 4. The molecule has 2 amide bonds. The fraction of sp³-hybridized carbons (Fsp3) is 0.444. The van der Waals surface area contributed by atoms with Crippen molar-refractivity contribution in [3.8, 4) is 11.1 Å². The summed E-state index contributed by atoms with van der Waals surface area (Å²) in [6.07, 6.45) is 2.51. The lowest BCUT2D eigenvalue weighted by atomic mass is 9.95. The van der Waals surface area contributed by atoms with Crippen molar-refractivity contribution in [2.75, 3.05) is 6.61 Å². The molecule has 0 heterocycles. The van der Waals surface area contributed by atoms with E-state index in [1.807, 2.05) is 31.2 Å². The number of carbonyl (C=O) groups is 3. The Morgan fingerprint density at radius 2 is 1.65 bits per heavy atom. The zero-order chi connectivity index (χ0) is 24.3. The van der Waals surface area contributed by atoms with Crippen molar-refractivity contribution >= 4 is 18.0 Å². The molecular formula is C27H32N2O5. The maximum atomic E-state index is 12.4. The number of nitrogens with one attached hydrogen (secondary N) is 2. The van der Waals surface area contributed by atoms with E-state index in [0.29, 0.717) is 12.8 Å². The third kappa shape index (κ3) is 5.08. The average molecular weight is 465 g/mol. The molecule has 0 radical (unpaired) electrons. The molecule has 180 valence electrons. The predicted molar refractivity (Wildman–Crippen MR) is 128 cm³/mol. The van der Waals surface area contributed by atoms with Gasteiger partial charge in [-0.15, -0.1) is 0 Å². The van der Waals surface area contributed by atoms with E-state index in [4.69, 9.17) is 4.74 Å². The standard InChI is InChI=1S/C27H32N2O5/c1-17(8-7-13-24(30)29-27(2,25(31)32)18-14-15-18)28-26(33)34-16-23-21-11-5-3-9-19(21)20-10-4-6-12-22(20)23/h3-6,9-12,17-18,23H,7-8,13-16H2,1-2H3,(H,28,33)(H,29,30)(H,31,32). The van der Waals surface area contributed by atoms with Crippen molar-refractivity contribution in [1.29, 1.82) is 0 Å². The van der Waals surface area contributed by atoms with Gasteiger partial charge in [0.1, 0.15) is 12.1 Å². The number of carbonyl (C=O) groups excluding carboxylic acids is 2. The number of benzene rings is 2. The predicted octanol–water partition coefficient (Wildman–Crippen LogP) is 4.45. The Morgan fingerprint density at radius 3 is 2.21 bits per heavy atom. The van der Waals surface area contributed by atoms with E-state index in [2.05, 4.69) is 34.9 Å². The number of alkyl carbamates (subject to hydrolysis) is 1. The SMILES string of the molecule is CC(CCCC(=O)NC(C)(C(=O)O)C1CC1)NC(=O)OCC1c2ccccc2-c2ccccc21. The van der Waals surface area contributed by atoms with E-state index in [0.717, 1.165) is 24.0 Å². The third-order valence-corrected chi connectivity index (χ3v) is 6.99. The number of ether oxygens (including phenoxy) is 1. The second-order valence-electron chi connectivity index (χ2n) is 9.59. The molecule has 1 fully saturated rings. The first kappa shape index (κ1) is 23.8. The molecule has 0 saturated heterocycles. The molecule has 2 aliphatic rings. The maximum absolute atomic E-state index is 12.4. The molecule has 0 aliphatic heterocycles. The van der Waals surface area contributed by atoms with Crippen LogP contribution < -0.4 is 10.6 Å². The van der Waals surface area contributed by atoms with E-state index in [1.165, 1.54) is 11.1 Å². The molecule has 1 saturated carbocycles. The van der Waals surface area contributed by atoms with E-state index in [9.17, 15) is 19.5 Å². The van der Waals surface area contributed by atoms with Gasteiger partial charge in [0, 0.05) is 18.4 Å². The highest BCUT2D eigenvalue weighted by Gasteiger charge is 2.48. The Hall–Kier alpha value is -3.35. The quantitative estimate of drug-likeness (QED) is 0.482. The van der Waals surface area contributed by atoms with Gasteiger partial charge in [-0.3, -0.25) is 4.79 Å². The van der Waals surface area contributed by atoms with Crippen LogP contribution in [0, 0.1) is 5.92 Å². The van der Waals surface area contributed by atoms with Gasteiger partial charge >= 0.3 is 12.1 Å². The molecule has 2 aromatic carbocycles. The first-order valence-corrected chi connectivity index (χ1v) is 12.0. The van der Waals surface area contributed by atoms with Crippen LogP contribution in [0.5, 0.6) is 0 Å². The highest BCUT2D eigenvalue weighted by atomic mass is 16.5. The van der Waals surface area contributed by atoms with Crippen LogP contribution >= 0.6 is 0 Å². The Balaban J connectivity index is 1.21. The number of aliphatic carboxylic acids is 1. The van der Waals surface area contributed by atoms with Crippen LogP contribution in [0.25, 0.3) is 11.1 Å². The van der Waals surface area contributed by atoms with Crippen LogP contribution in [-0.4, -0.2) is 41.3 Å². The van der Waals surface area contributed by atoms with Gasteiger partial charge in [0.25, 0.3) is 0 Å². The molecule has 0 bridgehead atoms. The molecule has 34 heavy (non-hydrogen) atoms.